The molecule has 0 fully saturated rings. The predicted octanol–water partition coefficient (Wildman–Crippen LogP) is 2.78. The van der Waals surface area contributed by atoms with Crippen molar-refractivity contribution in [3.05, 3.63) is 0 Å². The summed E-state index contributed by atoms with van der Waals surface area (Å²) in [4.78, 5) is 2.43. The minimum absolute atomic E-state index is 0.405. The Morgan fingerprint density at radius 3 is 2.24 bits per heavy atom. The molecule has 1 N–H and O–H groups in total. The molecule has 0 rings (SSSR count). The number of nitriles is 1. The smallest absolute Gasteiger partial charge is 0.105 e. The van der Waals surface area contributed by atoms with Crippen LogP contribution in [0.5, 0.6) is 0 Å². The van der Waals surface area contributed by atoms with E-state index in [0.29, 0.717) is 12.1 Å². The molecule has 17 heavy (non-hydrogen) atoms. The van der Waals surface area contributed by atoms with Crippen molar-refractivity contribution < 1.29 is 0 Å². The summed E-state index contributed by atoms with van der Waals surface area (Å²) in [6, 6.07) is 3.38. The van der Waals surface area contributed by atoms with Gasteiger partial charge in [0.05, 0.1) is 6.07 Å². The molecule has 3 heteroatoms. The monoisotopic (exact) mass is 239 g/mol. The van der Waals surface area contributed by atoms with Crippen LogP contribution in [0.3, 0.4) is 0 Å². The van der Waals surface area contributed by atoms with Crippen LogP contribution in [-0.4, -0.2) is 35.6 Å². The van der Waals surface area contributed by atoms with E-state index in [2.05, 4.69) is 50.9 Å². The Bertz CT molecular complexity index is 244. The fourth-order valence-electron chi connectivity index (χ4n) is 2.45. The van der Waals surface area contributed by atoms with E-state index in [0.717, 1.165) is 25.9 Å². The van der Waals surface area contributed by atoms with Gasteiger partial charge in [0, 0.05) is 12.1 Å². The van der Waals surface area contributed by atoms with Gasteiger partial charge in [0.25, 0.3) is 0 Å². The van der Waals surface area contributed by atoms with E-state index in [1.165, 1.54) is 0 Å². The van der Waals surface area contributed by atoms with E-state index in [1.54, 1.807) is 0 Å². The summed E-state index contributed by atoms with van der Waals surface area (Å²) >= 11 is 0. The molecule has 0 saturated carbocycles. The van der Waals surface area contributed by atoms with Crippen molar-refractivity contribution in [3.63, 3.8) is 0 Å². The average Bonchev–Trinajstić information content (AvgIpc) is 2.26. The topological polar surface area (TPSA) is 39.1 Å². The largest absolute Gasteiger partial charge is 0.300 e. The Morgan fingerprint density at radius 2 is 1.88 bits per heavy atom. The summed E-state index contributed by atoms with van der Waals surface area (Å²) in [6.07, 6.45) is 1.93. The molecule has 2 unspecified atom stereocenters. The first kappa shape index (κ1) is 16.4. The van der Waals surface area contributed by atoms with Gasteiger partial charge in [0.1, 0.15) is 5.54 Å². The molecular weight excluding hydrogens is 210 g/mol. The molecule has 0 amide bonds. The molecule has 0 aromatic rings. The molecule has 0 aliphatic heterocycles. The van der Waals surface area contributed by atoms with Gasteiger partial charge in [-0.3, -0.25) is 10.2 Å². The van der Waals surface area contributed by atoms with E-state index in [1.807, 2.05) is 6.92 Å². The maximum Gasteiger partial charge on any atom is 0.105 e. The second-order valence-corrected chi connectivity index (χ2v) is 5.35. The van der Waals surface area contributed by atoms with Gasteiger partial charge in [-0.25, -0.2) is 0 Å². The van der Waals surface area contributed by atoms with Crippen molar-refractivity contribution in [1.82, 2.24) is 10.2 Å². The highest BCUT2D eigenvalue weighted by atomic mass is 15.2. The van der Waals surface area contributed by atoms with Crippen LogP contribution in [0, 0.1) is 11.3 Å². The zero-order chi connectivity index (χ0) is 13.5. The molecule has 0 saturated heterocycles. The molecule has 0 heterocycles. The van der Waals surface area contributed by atoms with Gasteiger partial charge in [0.15, 0.2) is 0 Å². The molecule has 0 aromatic carbocycles. The van der Waals surface area contributed by atoms with Crippen LogP contribution in [0.1, 0.15) is 54.4 Å². The summed E-state index contributed by atoms with van der Waals surface area (Å²) in [5, 5.41) is 12.7. The second-order valence-electron chi connectivity index (χ2n) is 5.35. The summed E-state index contributed by atoms with van der Waals surface area (Å²) in [5.41, 5.74) is -0.405. The first-order valence-electron chi connectivity index (χ1n) is 6.82. The zero-order valence-corrected chi connectivity index (χ0v) is 12.4. The minimum Gasteiger partial charge on any atom is -0.300 e. The molecular formula is C14H29N3. The van der Waals surface area contributed by atoms with Gasteiger partial charge in [-0.05, 0) is 53.6 Å². The maximum atomic E-state index is 9.32. The van der Waals surface area contributed by atoms with E-state index >= 15 is 0 Å². The molecule has 2 atom stereocenters. The summed E-state index contributed by atoms with van der Waals surface area (Å²) in [5.74, 6) is 0. The molecule has 100 valence electrons. The predicted molar refractivity (Wildman–Crippen MR) is 73.9 cm³/mol. The van der Waals surface area contributed by atoms with Gasteiger partial charge < -0.3 is 0 Å². The normalized spacial score (nSPS) is 16.9. The maximum absolute atomic E-state index is 9.32. The highest BCUT2D eigenvalue weighted by Crippen LogP contribution is 2.17. The standard InChI is InChI=1S/C14H29N3/c1-7-9-16-14(6,11-15)10-13(5)17(8-2)12(3)4/h12-13,16H,7-10H2,1-6H3. The molecule has 0 radical (unpaired) electrons. The third-order valence-corrected chi connectivity index (χ3v) is 3.31. The van der Waals surface area contributed by atoms with Crippen LogP contribution in [0.4, 0.5) is 0 Å². The van der Waals surface area contributed by atoms with E-state index in [4.69, 9.17) is 0 Å². The molecule has 0 aliphatic rings. The third kappa shape index (κ3) is 5.52. The lowest BCUT2D eigenvalue weighted by molar-refractivity contribution is 0.147. The lowest BCUT2D eigenvalue weighted by Crippen LogP contribution is -2.49. The van der Waals surface area contributed by atoms with Gasteiger partial charge in [0.2, 0.25) is 0 Å². The average molecular weight is 239 g/mol. The Morgan fingerprint density at radius 1 is 1.29 bits per heavy atom. The van der Waals surface area contributed by atoms with Crippen molar-refractivity contribution in [1.29, 1.82) is 5.26 Å². The quantitative estimate of drug-likeness (QED) is 0.708. The van der Waals surface area contributed by atoms with E-state index < -0.39 is 5.54 Å². The summed E-state index contributed by atoms with van der Waals surface area (Å²) in [6.45, 7) is 14.9. The molecule has 3 nitrogen and oxygen atoms in total. The molecule has 0 aromatic heterocycles. The van der Waals surface area contributed by atoms with Crippen molar-refractivity contribution in [2.75, 3.05) is 13.1 Å². The first-order chi connectivity index (χ1) is 7.90. The summed E-state index contributed by atoms with van der Waals surface area (Å²) < 4.78 is 0. The van der Waals surface area contributed by atoms with Crippen molar-refractivity contribution in [2.45, 2.75) is 72.0 Å². The summed E-state index contributed by atoms with van der Waals surface area (Å²) in [7, 11) is 0. The van der Waals surface area contributed by atoms with Crippen LogP contribution in [-0.2, 0) is 0 Å². The lowest BCUT2D eigenvalue weighted by atomic mass is 9.93. The van der Waals surface area contributed by atoms with Crippen LogP contribution in [0.25, 0.3) is 0 Å². The fourth-order valence-corrected chi connectivity index (χ4v) is 2.45. The van der Waals surface area contributed by atoms with E-state index in [-0.39, 0.29) is 0 Å². The Labute approximate surface area is 107 Å². The Kier molecular flexibility index (Phi) is 7.41. The van der Waals surface area contributed by atoms with Gasteiger partial charge in [-0.1, -0.05) is 13.8 Å². The van der Waals surface area contributed by atoms with Crippen molar-refractivity contribution >= 4 is 0 Å². The number of nitrogens with zero attached hydrogens (tertiary/aromatic N) is 2. The third-order valence-electron chi connectivity index (χ3n) is 3.31. The first-order valence-corrected chi connectivity index (χ1v) is 6.82. The Balaban J connectivity index is 4.50. The molecule has 0 bridgehead atoms. The van der Waals surface area contributed by atoms with Crippen LogP contribution in [0.15, 0.2) is 0 Å². The van der Waals surface area contributed by atoms with Crippen molar-refractivity contribution in [2.24, 2.45) is 0 Å². The number of rotatable bonds is 8. The van der Waals surface area contributed by atoms with Crippen LogP contribution >= 0.6 is 0 Å². The van der Waals surface area contributed by atoms with Gasteiger partial charge in [-0.15, -0.1) is 0 Å². The second kappa shape index (κ2) is 7.68. The highest BCUT2D eigenvalue weighted by molar-refractivity contribution is 5.05. The number of hydrogen-bond acceptors (Lipinski definition) is 3. The fraction of sp³-hybridized carbons (Fsp3) is 0.929. The van der Waals surface area contributed by atoms with E-state index in [9.17, 15) is 5.26 Å². The van der Waals surface area contributed by atoms with Gasteiger partial charge in [-0.2, -0.15) is 5.26 Å². The molecule has 0 aliphatic carbocycles. The van der Waals surface area contributed by atoms with Gasteiger partial charge >= 0.3 is 0 Å². The number of hydrogen-bond donors (Lipinski definition) is 1. The minimum atomic E-state index is -0.405. The lowest BCUT2D eigenvalue weighted by Gasteiger charge is -2.36. The number of nitrogens with one attached hydrogen (secondary N) is 1. The van der Waals surface area contributed by atoms with Crippen LogP contribution in [0.2, 0.25) is 0 Å². The molecule has 0 spiro atoms. The van der Waals surface area contributed by atoms with Crippen LogP contribution < -0.4 is 5.32 Å². The Hall–Kier alpha value is -0.590. The zero-order valence-electron chi connectivity index (χ0n) is 12.4. The highest BCUT2D eigenvalue weighted by Gasteiger charge is 2.28. The van der Waals surface area contributed by atoms with Crippen molar-refractivity contribution in [3.8, 4) is 6.07 Å². The SMILES string of the molecule is CCCNC(C)(C#N)CC(C)N(CC)C(C)C.